The van der Waals surface area contributed by atoms with Crippen molar-refractivity contribution in [2.45, 2.75) is 44.4 Å². The van der Waals surface area contributed by atoms with Crippen LogP contribution < -0.4 is 11.1 Å². The number of hydrogen-bond acceptors (Lipinski definition) is 3. The molecule has 0 heterocycles. The second-order valence-electron chi connectivity index (χ2n) is 4.76. The van der Waals surface area contributed by atoms with E-state index >= 15 is 0 Å². The van der Waals surface area contributed by atoms with Crippen LogP contribution in [0.3, 0.4) is 0 Å². The molecule has 0 unspecified atom stereocenters. The number of nitrogens with two attached hydrogens (primary N) is 1. The molecule has 0 radical (unpaired) electrons. The van der Waals surface area contributed by atoms with Gasteiger partial charge in [-0.2, -0.15) is 0 Å². The van der Waals surface area contributed by atoms with Crippen molar-refractivity contribution in [3.8, 4) is 0 Å². The standard InChI is InChI=1S/C14H20N2O2/c15-12-8-4-5-9-13(12)16-14(17)18-10-11-6-2-1-3-7-11/h1-3,6-7,12-13H,4-5,8-10,15H2,(H,16,17)/t12-,13+/m0/s1. The summed E-state index contributed by atoms with van der Waals surface area (Å²) in [5.74, 6) is 0. The van der Waals surface area contributed by atoms with Crippen LogP contribution in [-0.2, 0) is 11.3 Å². The Balaban J connectivity index is 1.75. The lowest BCUT2D eigenvalue weighted by atomic mass is 9.91. The highest BCUT2D eigenvalue weighted by Gasteiger charge is 2.23. The summed E-state index contributed by atoms with van der Waals surface area (Å²) in [5, 5.41) is 2.85. The molecule has 1 saturated carbocycles. The number of nitrogens with one attached hydrogen (secondary N) is 1. The van der Waals surface area contributed by atoms with Gasteiger partial charge in [0.05, 0.1) is 0 Å². The minimum atomic E-state index is -0.374. The van der Waals surface area contributed by atoms with Crippen molar-refractivity contribution < 1.29 is 9.53 Å². The number of carbonyl (C=O) groups excluding carboxylic acids is 1. The Kier molecular flexibility index (Phi) is 4.59. The quantitative estimate of drug-likeness (QED) is 0.861. The van der Waals surface area contributed by atoms with E-state index in [1.165, 1.54) is 0 Å². The predicted molar refractivity (Wildman–Crippen MR) is 70.0 cm³/mol. The summed E-state index contributed by atoms with van der Waals surface area (Å²) < 4.78 is 5.17. The molecule has 1 aliphatic rings. The van der Waals surface area contributed by atoms with Crippen LogP contribution in [0.2, 0.25) is 0 Å². The van der Waals surface area contributed by atoms with Gasteiger partial charge in [-0.05, 0) is 18.4 Å². The molecule has 2 atom stereocenters. The molecule has 0 bridgehead atoms. The smallest absolute Gasteiger partial charge is 0.407 e. The van der Waals surface area contributed by atoms with E-state index in [-0.39, 0.29) is 18.2 Å². The van der Waals surface area contributed by atoms with Gasteiger partial charge in [-0.15, -0.1) is 0 Å². The molecule has 18 heavy (non-hydrogen) atoms. The Morgan fingerprint density at radius 1 is 1.28 bits per heavy atom. The summed E-state index contributed by atoms with van der Waals surface area (Å²) in [4.78, 5) is 11.6. The van der Waals surface area contributed by atoms with Crippen LogP contribution in [0.25, 0.3) is 0 Å². The predicted octanol–water partition coefficient (Wildman–Crippen LogP) is 2.18. The minimum absolute atomic E-state index is 0.0574. The van der Waals surface area contributed by atoms with Gasteiger partial charge < -0.3 is 15.8 Å². The Hall–Kier alpha value is -1.55. The molecule has 0 spiro atoms. The monoisotopic (exact) mass is 248 g/mol. The number of carbonyl (C=O) groups is 1. The maximum atomic E-state index is 11.6. The number of rotatable bonds is 3. The van der Waals surface area contributed by atoms with Gasteiger partial charge >= 0.3 is 6.09 Å². The van der Waals surface area contributed by atoms with Gasteiger partial charge in [0.25, 0.3) is 0 Å². The minimum Gasteiger partial charge on any atom is -0.445 e. The zero-order valence-corrected chi connectivity index (χ0v) is 10.5. The third-order valence-electron chi connectivity index (χ3n) is 3.34. The second kappa shape index (κ2) is 6.40. The third kappa shape index (κ3) is 3.74. The van der Waals surface area contributed by atoms with E-state index in [2.05, 4.69) is 5.32 Å². The van der Waals surface area contributed by atoms with E-state index < -0.39 is 0 Å². The van der Waals surface area contributed by atoms with E-state index in [1.54, 1.807) is 0 Å². The fraction of sp³-hybridized carbons (Fsp3) is 0.500. The number of amides is 1. The summed E-state index contributed by atoms with van der Waals surface area (Å²) >= 11 is 0. The number of ether oxygens (including phenoxy) is 1. The molecule has 0 saturated heterocycles. The summed E-state index contributed by atoms with van der Waals surface area (Å²) in [7, 11) is 0. The van der Waals surface area contributed by atoms with Crippen LogP contribution >= 0.6 is 0 Å². The average molecular weight is 248 g/mol. The van der Waals surface area contributed by atoms with E-state index in [4.69, 9.17) is 10.5 Å². The lowest BCUT2D eigenvalue weighted by molar-refractivity contribution is 0.131. The van der Waals surface area contributed by atoms with Crippen LogP contribution in [0.1, 0.15) is 31.2 Å². The van der Waals surface area contributed by atoms with Crippen LogP contribution in [0.4, 0.5) is 4.79 Å². The normalized spacial score (nSPS) is 23.4. The highest BCUT2D eigenvalue weighted by atomic mass is 16.5. The molecule has 3 N–H and O–H groups in total. The van der Waals surface area contributed by atoms with Crippen LogP contribution in [-0.4, -0.2) is 18.2 Å². The number of alkyl carbamates (subject to hydrolysis) is 1. The molecule has 98 valence electrons. The van der Waals surface area contributed by atoms with E-state index in [0.29, 0.717) is 6.61 Å². The average Bonchev–Trinajstić information content (AvgIpc) is 2.40. The molecule has 1 amide bonds. The molecular weight excluding hydrogens is 228 g/mol. The summed E-state index contributed by atoms with van der Waals surface area (Å²) in [6.07, 6.45) is 3.82. The first kappa shape index (κ1) is 12.9. The summed E-state index contributed by atoms with van der Waals surface area (Å²) in [5.41, 5.74) is 6.95. The SMILES string of the molecule is N[C@H]1CCCC[C@H]1NC(=O)OCc1ccccc1. The van der Waals surface area contributed by atoms with Crippen LogP contribution in [0, 0.1) is 0 Å². The zero-order valence-electron chi connectivity index (χ0n) is 10.5. The Labute approximate surface area is 108 Å². The van der Waals surface area contributed by atoms with Crippen LogP contribution in [0.5, 0.6) is 0 Å². The van der Waals surface area contributed by atoms with E-state index in [0.717, 1.165) is 31.2 Å². The zero-order chi connectivity index (χ0) is 12.8. The van der Waals surface area contributed by atoms with Gasteiger partial charge in [0.15, 0.2) is 0 Å². The fourth-order valence-electron chi connectivity index (χ4n) is 2.25. The summed E-state index contributed by atoms with van der Waals surface area (Å²) in [6, 6.07) is 9.76. The lowest BCUT2D eigenvalue weighted by Gasteiger charge is -2.28. The molecule has 0 aromatic heterocycles. The second-order valence-corrected chi connectivity index (χ2v) is 4.76. The van der Waals surface area contributed by atoms with Gasteiger partial charge in [-0.25, -0.2) is 4.79 Å². The van der Waals surface area contributed by atoms with E-state index in [9.17, 15) is 4.79 Å². The summed E-state index contributed by atoms with van der Waals surface area (Å²) in [6.45, 7) is 0.300. The molecule has 1 aliphatic carbocycles. The van der Waals surface area contributed by atoms with Crippen molar-refractivity contribution in [1.82, 2.24) is 5.32 Å². The molecule has 4 heteroatoms. The Morgan fingerprint density at radius 3 is 2.72 bits per heavy atom. The van der Waals surface area contributed by atoms with Crippen molar-refractivity contribution in [3.05, 3.63) is 35.9 Å². The van der Waals surface area contributed by atoms with Gasteiger partial charge in [-0.3, -0.25) is 0 Å². The van der Waals surface area contributed by atoms with Crippen molar-refractivity contribution in [2.24, 2.45) is 5.73 Å². The van der Waals surface area contributed by atoms with Gasteiger partial charge in [0.2, 0.25) is 0 Å². The Bertz CT molecular complexity index is 381. The highest BCUT2D eigenvalue weighted by molar-refractivity contribution is 5.67. The van der Waals surface area contributed by atoms with Crippen molar-refractivity contribution in [2.75, 3.05) is 0 Å². The molecule has 2 rings (SSSR count). The lowest BCUT2D eigenvalue weighted by Crippen LogP contribution is -2.49. The first-order valence-corrected chi connectivity index (χ1v) is 6.48. The molecule has 4 nitrogen and oxygen atoms in total. The maximum absolute atomic E-state index is 11.6. The molecule has 1 fully saturated rings. The van der Waals surface area contributed by atoms with Gasteiger partial charge in [-0.1, -0.05) is 43.2 Å². The highest BCUT2D eigenvalue weighted by Crippen LogP contribution is 2.16. The number of hydrogen-bond donors (Lipinski definition) is 2. The maximum Gasteiger partial charge on any atom is 0.407 e. The topological polar surface area (TPSA) is 64.3 Å². The van der Waals surface area contributed by atoms with Crippen LogP contribution in [0.15, 0.2) is 30.3 Å². The van der Waals surface area contributed by atoms with Crippen molar-refractivity contribution in [1.29, 1.82) is 0 Å². The number of benzene rings is 1. The Morgan fingerprint density at radius 2 is 2.00 bits per heavy atom. The first-order valence-electron chi connectivity index (χ1n) is 6.48. The first-order chi connectivity index (χ1) is 8.75. The van der Waals surface area contributed by atoms with Gasteiger partial charge in [0, 0.05) is 12.1 Å². The fourth-order valence-corrected chi connectivity index (χ4v) is 2.25. The molecule has 0 aliphatic heterocycles. The van der Waals surface area contributed by atoms with Crippen molar-refractivity contribution in [3.63, 3.8) is 0 Å². The largest absolute Gasteiger partial charge is 0.445 e. The van der Waals surface area contributed by atoms with Crippen molar-refractivity contribution >= 4 is 6.09 Å². The molecule has 1 aromatic rings. The van der Waals surface area contributed by atoms with Gasteiger partial charge in [0.1, 0.15) is 6.61 Å². The third-order valence-corrected chi connectivity index (χ3v) is 3.34. The molecular formula is C14H20N2O2. The van der Waals surface area contributed by atoms with E-state index in [1.807, 2.05) is 30.3 Å². The molecule has 1 aromatic carbocycles.